The molecule has 1 aromatic heterocycles. The smallest absolute Gasteiger partial charge is 0.410 e. The van der Waals surface area contributed by atoms with Crippen molar-refractivity contribution in [2.24, 2.45) is 0 Å². The van der Waals surface area contributed by atoms with Gasteiger partial charge in [0.1, 0.15) is 11.4 Å². The van der Waals surface area contributed by atoms with Crippen LogP contribution in [0.25, 0.3) is 10.9 Å². The third kappa shape index (κ3) is 6.15. The highest BCUT2D eigenvalue weighted by atomic mass is 79.9. The van der Waals surface area contributed by atoms with Crippen molar-refractivity contribution in [3.05, 3.63) is 105 Å². The Balaban J connectivity index is 1.67. The number of carbonyl (C=O) groups excluding carboxylic acids is 1. The van der Waals surface area contributed by atoms with Gasteiger partial charge in [-0.1, -0.05) is 52.3 Å². The van der Waals surface area contributed by atoms with E-state index in [1.807, 2.05) is 82.3 Å². The van der Waals surface area contributed by atoms with Gasteiger partial charge in [0.25, 0.3) is 0 Å². The molecular formula is C34H36BrFN2O4. The molecule has 1 N–H and O–H groups in total. The second-order valence-electron chi connectivity index (χ2n) is 12.0. The van der Waals surface area contributed by atoms with Crippen LogP contribution in [0, 0.1) is 12.7 Å². The number of hydrogen-bond donors (Lipinski definition) is 1. The minimum atomic E-state index is -1.32. The van der Waals surface area contributed by atoms with Crippen LogP contribution in [0.4, 0.5) is 9.18 Å². The maximum atomic E-state index is 14.2. The van der Waals surface area contributed by atoms with Crippen molar-refractivity contribution in [2.75, 3.05) is 13.7 Å². The highest BCUT2D eigenvalue weighted by Crippen LogP contribution is 2.49. The van der Waals surface area contributed by atoms with Crippen molar-refractivity contribution in [1.29, 1.82) is 0 Å². The molecule has 3 atom stereocenters. The van der Waals surface area contributed by atoms with E-state index >= 15 is 0 Å². The number of hydrogen-bond acceptors (Lipinski definition) is 5. The number of nitrogens with zero attached hydrogens (tertiary/aromatic N) is 2. The number of halogens is 2. The Kier molecular flexibility index (Phi) is 8.32. The first-order chi connectivity index (χ1) is 19.9. The average molecular weight is 636 g/mol. The van der Waals surface area contributed by atoms with Crippen LogP contribution >= 0.6 is 15.9 Å². The number of aryl methyl sites for hydroxylation is 1. The molecule has 0 aliphatic carbocycles. The van der Waals surface area contributed by atoms with E-state index in [4.69, 9.17) is 14.5 Å². The minimum Gasteiger partial charge on any atom is -0.481 e. The van der Waals surface area contributed by atoms with Crippen LogP contribution in [0.1, 0.15) is 67.8 Å². The highest BCUT2D eigenvalue weighted by molar-refractivity contribution is 9.10. The third-order valence-corrected chi connectivity index (χ3v) is 8.36. The molecule has 1 saturated heterocycles. The molecule has 3 unspecified atom stereocenters. The van der Waals surface area contributed by atoms with Gasteiger partial charge in [-0.05, 0) is 87.2 Å². The number of pyridine rings is 1. The zero-order valence-corrected chi connectivity index (χ0v) is 26.1. The number of methoxy groups -OCH3 is 1. The summed E-state index contributed by atoms with van der Waals surface area (Å²) in [7, 11) is 1.58. The van der Waals surface area contributed by atoms with Gasteiger partial charge < -0.3 is 19.5 Å². The molecular weight excluding hydrogens is 599 g/mol. The van der Waals surface area contributed by atoms with Crippen LogP contribution in [0.5, 0.6) is 5.88 Å². The van der Waals surface area contributed by atoms with Crippen molar-refractivity contribution < 1.29 is 23.8 Å². The van der Waals surface area contributed by atoms with Gasteiger partial charge in [0.2, 0.25) is 5.88 Å². The summed E-state index contributed by atoms with van der Waals surface area (Å²) in [4.78, 5) is 20.0. The number of aromatic nitrogens is 1. The highest BCUT2D eigenvalue weighted by Gasteiger charge is 2.48. The molecule has 0 bridgehead atoms. The first kappa shape index (κ1) is 30.0. The van der Waals surface area contributed by atoms with E-state index in [1.165, 1.54) is 12.1 Å². The standard InChI is InChI=1S/C34H36BrFN2O4/c1-21-17-25(36)12-13-26(21)29-20-34(40,15-16-38(29)32(39)42-33(2,3)4)30(22-9-7-6-8-10-22)27-19-23-18-24(35)11-14-28(23)37-31(27)41-5/h6-14,17-19,29-30,40H,15-16,20H2,1-5H3. The van der Waals surface area contributed by atoms with E-state index in [0.29, 0.717) is 11.4 Å². The fourth-order valence-electron chi connectivity index (χ4n) is 6.05. The second-order valence-corrected chi connectivity index (χ2v) is 12.9. The van der Waals surface area contributed by atoms with E-state index in [0.717, 1.165) is 32.1 Å². The Labute approximate surface area is 254 Å². The fourth-order valence-corrected chi connectivity index (χ4v) is 6.43. The van der Waals surface area contributed by atoms with Crippen LogP contribution in [-0.4, -0.2) is 45.9 Å². The molecule has 4 aromatic rings. The number of benzene rings is 3. The molecule has 1 amide bonds. The van der Waals surface area contributed by atoms with E-state index in [-0.39, 0.29) is 25.2 Å². The van der Waals surface area contributed by atoms with Gasteiger partial charge in [-0.3, -0.25) is 0 Å². The molecule has 2 heterocycles. The van der Waals surface area contributed by atoms with E-state index in [2.05, 4.69) is 15.9 Å². The maximum Gasteiger partial charge on any atom is 0.410 e. The van der Waals surface area contributed by atoms with Crippen molar-refractivity contribution in [3.63, 3.8) is 0 Å². The maximum absolute atomic E-state index is 14.2. The Bertz CT molecular complexity index is 1610. The van der Waals surface area contributed by atoms with Crippen LogP contribution < -0.4 is 4.74 Å². The average Bonchev–Trinajstić information content (AvgIpc) is 2.92. The predicted octanol–water partition coefficient (Wildman–Crippen LogP) is 8.09. The monoisotopic (exact) mass is 634 g/mol. The molecule has 8 heteroatoms. The van der Waals surface area contributed by atoms with E-state index in [9.17, 15) is 14.3 Å². The third-order valence-electron chi connectivity index (χ3n) is 7.87. The Morgan fingerprint density at radius 1 is 1.12 bits per heavy atom. The van der Waals surface area contributed by atoms with Gasteiger partial charge in [0, 0.05) is 34.3 Å². The Hall–Kier alpha value is -3.49. The van der Waals surface area contributed by atoms with Gasteiger partial charge in [-0.15, -0.1) is 0 Å². The van der Waals surface area contributed by atoms with Crippen LogP contribution in [0.15, 0.2) is 77.3 Å². The molecule has 0 spiro atoms. The topological polar surface area (TPSA) is 71.9 Å². The number of ether oxygens (including phenoxy) is 2. The summed E-state index contributed by atoms with van der Waals surface area (Å²) >= 11 is 3.56. The molecule has 3 aromatic carbocycles. The number of likely N-dealkylation sites (tertiary alicyclic amines) is 1. The lowest BCUT2D eigenvalue weighted by molar-refractivity contribution is -0.0643. The Morgan fingerprint density at radius 2 is 1.86 bits per heavy atom. The number of amides is 1. The van der Waals surface area contributed by atoms with Crippen LogP contribution in [-0.2, 0) is 4.74 Å². The van der Waals surface area contributed by atoms with E-state index in [1.54, 1.807) is 18.1 Å². The molecule has 1 aliphatic rings. The molecule has 0 saturated carbocycles. The second kappa shape index (κ2) is 11.7. The minimum absolute atomic E-state index is 0.192. The van der Waals surface area contributed by atoms with Gasteiger partial charge in [0.15, 0.2) is 0 Å². The predicted molar refractivity (Wildman–Crippen MR) is 165 cm³/mol. The number of piperidine rings is 1. The number of aliphatic hydroxyl groups is 1. The van der Waals surface area contributed by atoms with Gasteiger partial charge in [-0.25, -0.2) is 14.2 Å². The molecule has 1 fully saturated rings. The fraction of sp³-hybridized carbons (Fsp3) is 0.353. The lowest BCUT2D eigenvalue weighted by atomic mass is 9.69. The zero-order valence-electron chi connectivity index (χ0n) is 24.5. The summed E-state index contributed by atoms with van der Waals surface area (Å²) in [6.45, 7) is 7.54. The Morgan fingerprint density at radius 3 is 2.52 bits per heavy atom. The van der Waals surface area contributed by atoms with E-state index < -0.39 is 29.3 Å². The number of carbonyl (C=O) groups is 1. The summed E-state index contributed by atoms with van der Waals surface area (Å²) in [5, 5.41) is 13.7. The van der Waals surface area contributed by atoms with Crippen molar-refractivity contribution >= 4 is 32.9 Å². The van der Waals surface area contributed by atoms with Crippen molar-refractivity contribution in [1.82, 2.24) is 9.88 Å². The molecule has 5 rings (SSSR count). The normalized spacial score (nSPS) is 19.9. The van der Waals surface area contributed by atoms with Crippen molar-refractivity contribution in [2.45, 2.75) is 63.7 Å². The van der Waals surface area contributed by atoms with Gasteiger partial charge in [-0.2, -0.15) is 0 Å². The summed E-state index contributed by atoms with van der Waals surface area (Å²) in [6.07, 6.45) is 0.00419. The quantitative estimate of drug-likeness (QED) is 0.240. The van der Waals surface area contributed by atoms with Gasteiger partial charge >= 0.3 is 6.09 Å². The first-order valence-electron chi connectivity index (χ1n) is 14.1. The zero-order chi connectivity index (χ0) is 30.2. The lowest BCUT2D eigenvalue weighted by Gasteiger charge is -2.48. The summed E-state index contributed by atoms with van der Waals surface area (Å²) in [5.74, 6) is -0.462. The summed E-state index contributed by atoms with van der Waals surface area (Å²) in [5.41, 5.74) is 1.87. The number of fused-ring (bicyclic) bond motifs is 1. The molecule has 1 aliphatic heterocycles. The molecule has 220 valence electrons. The van der Waals surface area contributed by atoms with Crippen molar-refractivity contribution in [3.8, 4) is 5.88 Å². The van der Waals surface area contributed by atoms with Crippen LogP contribution in [0.2, 0.25) is 0 Å². The summed E-state index contributed by atoms with van der Waals surface area (Å²) < 4.78 is 26.7. The first-order valence-corrected chi connectivity index (χ1v) is 14.8. The lowest BCUT2D eigenvalue weighted by Crippen LogP contribution is -2.52. The van der Waals surface area contributed by atoms with Crippen LogP contribution in [0.3, 0.4) is 0 Å². The number of rotatable bonds is 5. The summed E-state index contributed by atoms with van der Waals surface area (Å²) in [6, 6.07) is 21.7. The largest absolute Gasteiger partial charge is 0.481 e. The SMILES string of the molecule is COc1nc2ccc(Br)cc2cc1C(c1ccccc1)C1(O)CCN(C(=O)OC(C)(C)C)C(c2ccc(F)cc2C)C1. The molecule has 0 radical (unpaired) electrons. The molecule has 6 nitrogen and oxygen atoms in total. The van der Waals surface area contributed by atoms with Gasteiger partial charge in [0.05, 0.1) is 24.3 Å². The molecule has 42 heavy (non-hydrogen) atoms.